The zero-order valence-electron chi connectivity index (χ0n) is 11.0. The Balaban J connectivity index is 2.70. The molecule has 19 heavy (non-hydrogen) atoms. The summed E-state index contributed by atoms with van der Waals surface area (Å²) in [7, 11) is 0. The number of benzene rings is 1. The van der Waals surface area contributed by atoms with Crippen LogP contribution in [0.2, 0.25) is 0 Å². The van der Waals surface area contributed by atoms with Crippen LogP contribution in [-0.4, -0.2) is 42.2 Å². The lowest BCUT2D eigenvalue weighted by molar-refractivity contribution is 0.0690. The number of anilines is 1. The van der Waals surface area contributed by atoms with E-state index >= 15 is 0 Å². The Hall–Kier alpha value is -1.69. The van der Waals surface area contributed by atoms with Gasteiger partial charge in [-0.2, -0.15) is 0 Å². The second kappa shape index (κ2) is 7.04. The molecule has 1 aromatic carbocycles. The summed E-state index contributed by atoms with van der Waals surface area (Å²) in [6.45, 7) is 6.97. The minimum atomic E-state index is -1.48. The first-order valence-corrected chi connectivity index (χ1v) is 6.18. The Morgan fingerprint density at radius 2 is 1.89 bits per heavy atom. The van der Waals surface area contributed by atoms with Gasteiger partial charge in [-0.05, 0) is 25.2 Å². The monoisotopic (exact) mass is 272 g/mol. The number of aromatic carboxylic acids is 1. The second-order valence-electron chi connectivity index (χ2n) is 4.05. The maximum atomic E-state index is 13.6. The van der Waals surface area contributed by atoms with Crippen LogP contribution in [-0.2, 0) is 0 Å². The molecule has 0 atom stereocenters. The predicted octanol–water partition coefficient (Wildman–Crippen LogP) is 2.42. The second-order valence-corrected chi connectivity index (χ2v) is 4.05. The van der Waals surface area contributed by atoms with Crippen LogP contribution in [0.1, 0.15) is 24.2 Å². The first kappa shape index (κ1) is 15.4. The van der Waals surface area contributed by atoms with Crippen molar-refractivity contribution in [3.8, 4) is 0 Å². The van der Waals surface area contributed by atoms with E-state index in [9.17, 15) is 13.6 Å². The highest BCUT2D eigenvalue weighted by Crippen LogP contribution is 2.20. The van der Waals surface area contributed by atoms with Gasteiger partial charge in [-0.1, -0.05) is 13.8 Å². The van der Waals surface area contributed by atoms with Gasteiger partial charge in [-0.15, -0.1) is 0 Å². The molecule has 106 valence electrons. The molecular weight excluding hydrogens is 254 g/mol. The maximum Gasteiger partial charge on any atom is 0.338 e. The minimum Gasteiger partial charge on any atom is -0.478 e. The maximum absolute atomic E-state index is 13.6. The molecule has 0 heterocycles. The Bertz CT molecular complexity index is 449. The van der Waals surface area contributed by atoms with E-state index in [4.69, 9.17) is 5.11 Å². The molecule has 0 saturated carbocycles. The van der Waals surface area contributed by atoms with Gasteiger partial charge in [0.2, 0.25) is 0 Å². The van der Waals surface area contributed by atoms with Crippen molar-refractivity contribution in [3.05, 3.63) is 29.3 Å². The number of likely N-dealkylation sites (N-methyl/N-ethyl adjacent to an activating group) is 1. The van der Waals surface area contributed by atoms with Gasteiger partial charge in [0.05, 0.1) is 11.3 Å². The lowest BCUT2D eigenvalue weighted by Gasteiger charge is -2.18. The van der Waals surface area contributed by atoms with Crippen LogP contribution in [0.15, 0.2) is 12.1 Å². The first-order valence-electron chi connectivity index (χ1n) is 6.18. The van der Waals surface area contributed by atoms with Crippen molar-refractivity contribution in [3.63, 3.8) is 0 Å². The van der Waals surface area contributed by atoms with Crippen LogP contribution in [0.25, 0.3) is 0 Å². The zero-order valence-corrected chi connectivity index (χ0v) is 11.0. The normalized spacial score (nSPS) is 10.8. The van der Waals surface area contributed by atoms with Gasteiger partial charge >= 0.3 is 5.97 Å². The summed E-state index contributed by atoms with van der Waals surface area (Å²) in [5.74, 6) is -3.97. The molecule has 0 spiro atoms. The quantitative estimate of drug-likeness (QED) is 0.800. The molecule has 1 rings (SSSR count). The SMILES string of the molecule is CCN(CC)CCNc1ccc(C(=O)O)c(F)c1F. The number of hydrogen-bond acceptors (Lipinski definition) is 3. The molecule has 0 amide bonds. The van der Waals surface area contributed by atoms with E-state index in [0.29, 0.717) is 13.1 Å². The van der Waals surface area contributed by atoms with E-state index in [1.165, 1.54) is 6.07 Å². The Labute approximate surface area is 111 Å². The van der Waals surface area contributed by atoms with E-state index < -0.39 is 23.2 Å². The minimum absolute atomic E-state index is 0.0188. The van der Waals surface area contributed by atoms with Crippen LogP contribution in [0.5, 0.6) is 0 Å². The Kier molecular flexibility index (Phi) is 5.69. The van der Waals surface area contributed by atoms with Crippen LogP contribution < -0.4 is 5.32 Å². The van der Waals surface area contributed by atoms with Crippen LogP contribution in [0.4, 0.5) is 14.5 Å². The summed E-state index contributed by atoms with van der Waals surface area (Å²) >= 11 is 0. The molecule has 1 aromatic rings. The standard InChI is InChI=1S/C13H18F2N2O2/c1-3-17(4-2)8-7-16-10-6-5-9(13(18)19)11(14)12(10)15/h5-6,16H,3-4,7-8H2,1-2H3,(H,18,19). The molecule has 0 aromatic heterocycles. The van der Waals surface area contributed by atoms with E-state index in [2.05, 4.69) is 10.2 Å². The fourth-order valence-electron chi connectivity index (χ4n) is 1.74. The van der Waals surface area contributed by atoms with Gasteiger partial charge in [-0.3, -0.25) is 0 Å². The molecule has 6 heteroatoms. The molecule has 0 aliphatic rings. The summed E-state index contributed by atoms with van der Waals surface area (Å²) in [5, 5.41) is 11.4. The summed E-state index contributed by atoms with van der Waals surface area (Å²) in [6, 6.07) is 2.30. The largest absolute Gasteiger partial charge is 0.478 e. The number of rotatable bonds is 7. The lowest BCUT2D eigenvalue weighted by Crippen LogP contribution is -2.28. The highest BCUT2D eigenvalue weighted by Gasteiger charge is 2.17. The fourth-order valence-corrected chi connectivity index (χ4v) is 1.74. The first-order chi connectivity index (χ1) is 9.01. The van der Waals surface area contributed by atoms with Gasteiger partial charge in [0, 0.05) is 13.1 Å². The summed E-state index contributed by atoms with van der Waals surface area (Å²) in [6.07, 6.45) is 0. The molecule has 0 aliphatic heterocycles. The molecule has 0 aliphatic carbocycles. The Morgan fingerprint density at radius 3 is 2.42 bits per heavy atom. The van der Waals surface area contributed by atoms with Crippen LogP contribution in [0.3, 0.4) is 0 Å². The van der Waals surface area contributed by atoms with Crippen molar-refractivity contribution >= 4 is 11.7 Å². The van der Waals surface area contributed by atoms with Crippen molar-refractivity contribution in [2.45, 2.75) is 13.8 Å². The van der Waals surface area contributed by atoms with E-state index in [1.54, 1.807) is 0 Å². The number of nitrogens with zero attached hydrogens (tertiary/aromatic N) is 1. The van der Waals surface area contributed by atoms with E-state index in [-0.39, 0.29) is 5.69 Å². The third-order valence-electron chi connectivity index (χ3n) is 2.95. The summed E-state index contributed by atoms with van der Waals surface area (Å²) < 4.78 is 27.0. The topological polar surface area (TPSA) is 52.6 Å². The zero-order chi connectivity index (χ0) is 14.4. The van der Waals surface area contributed by atoms with Gasteiger partial charge in [-0.25, -0.2) is 13.6 Å². The molecule has 2 N–H and O–H groups in total. The van der Waals surface area contributed by atoms with Crippen molar-refractivity contribution in [2.24, 2.45) is 0 Å². The van der Waals surface area contributed by atoms with Crippen LogP contribution in [0, 0.1) is 11.6 Å². The van der Waals surface area contributed by atoms with Gasteiger partial charge < -0.3 is 15.3 Å². The predicted molar refractivity (Wildman–Crippen MR) is 69.6 cm³/mol. The summed E-state index contributed by atoms with van der Waals surface area (Å²) in [4.78, 5) is 12.8. The number of carboxylic acids is 1. The number of hydrogen-bond donors (Lipinski definition) is 2. The molecular formula is C13H18F2N2O2. The van der Waals surface area contributed by atoms with Crippen molar-refractivity contribution in [1.82, 2.24) is 4.90 Å². The lowest BCUT2D eigenvalue weighted by atomic mass is 10.2. The molecule has 0 bridgehead atoms. The smallest absolute Gasteiger partial charge is 0.338 e. The number of halogens is 2. The van der Waals surface area contributed by atoms with Gasteiger partial charge in [0.1, 0.15) is 0 Å². The van der Waals surface area contributed by atoms with Gasteiger partial charge in [0.25, 0.3) is 0 Å². The molecule has 0 radical (unpaired) electrons. The Morgan fingerprint density at radius 1 is 1.26 bits per heavy atom. The highest BCUT2D eigenvalue weighted by molar-refractivity contribution is 5.88. The van der Waals surface area contributed by atoms with Crippen molar-refractivity contribution in [2.75, 3.05) is 31.5 Å². The molecule has 4 nitrogen and oxygen atoms in total. The molecule has 0 saturated heterocycles. The van der Waals surface area contributed by atoms with Gasteiger partial charge in [0.15, 0.2) is 11.6 Å². The molecule has 0 fully saturated rings. The highest BCUT2D eigenvalue weighted by atomic mass is 19.2. The molecule has 0 unspecified atom stereocenters. The van der Waals surface area contributed by atoms with E-state index in [1.807, 2.05) is 13.8 Å². The van der Waals surface area contributed by atoms with Crippen molar-refractivity contribution < 1.29 is 18.7 Å². The fraction of sp³-hybridized carbons (Fsp3) is 0.462. The van der Waals surface area contributed by atoms with Crippen LogP contribution >= 0.6 is 0 Å². The summed E-state index contributed by atoms with van der Waals surface area (Å²) in [5.41, 5.74) is -0.679. The number of carbonyl (C=O) groups is 1. The average molecular weight is 272 g/mol. The van der Waals surface area contributed by atoms with E-state index in [0.717, 1.165) is 19.2 Å². The third-order valence-corrected chi connectivity index (χ3v) is 2.95. The average Bonchev–Trinajstić information content (AvgIpc) is 2.39. The third kappa shape index (κ3) is 3.89. The number of nitrogens with one attached hydrogen (secondary N) is 1. The van der Waals surface area contributed by atoms with Crippen molar-refractivity contribution in [1.29, 1.82) is 0 Å². The number of carboxylic acid groups (broad SMARTS) is 1.